The summed E-state index contributed by atoms with van der Waals surface area (Å²) in [5, 5.41) is 0. The van der Waals surface area contributed by atoms with Gasteiger partial charge in [-0.1, -0.05) is 12.1 Å². The van der Waals surface area contributed by atoms with Crippen LogP contribution in [0.25, 0.3) is 0 Å². The molecule has 0 aliphatic rings. The van der Waals surface area contributed by atoms with Crippen molar-refractivity contribution in [3.63, 3.8) is 0 Å². The molecule has 0 aliphatic heterocycles. The quantitative estimate of drug-likeness (QED) is 0.456. The summed E-state index contributed by atoms with van der Waals surface area (Å²) in [6.07, 6.45) is 1.52. The molecule has 0 atom stereocenters. The average Bonchev–Trinajstić information content (AvgIpc) is 2.27. The first-order valence-electron chi connectivity index (χ1n) is 5.15. The SMILES string of the molecule is O=Cc1ccccc1OCCCCS(=O)(=O)O. The monoisotopic (exact) mass is 258 g/mol. The molecule has 0 unspecified atom stereocenters. The number of benzene rings is 1. The Hall–Kier alpha value is -1.40. The highest BCUT2D eigenvalue weighted by molar-refractivity contribution is 7.85. The third-order valence-electron chi connectivity index (χ3n) is 2.10. The molecule has 1 aromatic rings. The van der Waals surface area contributed by atoms with Crippen LogP contribution in [0.5, 0.6) is 5.75 Å². The number of ether oxygens (including phenoxy) is 1. The number of rotatable bonds is 7. The van der Waals surface area contributed by atoms with Gasteiger partial charge in [-0.3, -0.25) is 9.35 Å². The molecular formula is C11H14O5S. The van der Waals surface area contributed by atoms with Gasteiger partial charge in [0.15, 0.2) is 6.29 Å². The summed E-state index contributed by atoms with van der Waals surface area (Å²) < 4.78 is 34.7. The first-order chi connectivity index (χ1) is 8.03. The summed E-state index contributed by atoms with van der Waals surface area (Å²) in [6, 6.07) is 6.79. The lowest BCUT2D eigenvalue weighted by Gasteiger charge is -2.07. The lowest BCUT2D eigenvalue weighted by atomic mass is 10.2. The van der Waals surface area contributed by atoms with Crippen molar-refractivity contribution in [3.8, 4) is 5.75 Å². The minimum Gasteiger partial charge on any atom is -0.493 e. The summed E-state index contributed by atoms with van der Waals surface area (Å²) in [5.41, 5.74) is 0.460. The first kappa shape index (κ1) is 13.7. The zero-order valence-electron chi connectivity index (χ0n) is 9.20. The van der Waals surface area contributed by atoms with E-state index in [0.29, 0.717) is 37.0 Å². The van der Waals surface area contributed by atoms with Gasteiger partial charge in [-0.05, 0) is 25.0 Å². The Morgan fingerprint density at radius 3 is 2.59 bits per heavy atom. The molecule has 94 valence electrons. The maximum absolute atomic E-state index is 10.7. The van der Waals surface area contributed by atoms with Gasteiger partial charge in [0.25, 0.3) is 10.1 Å². The fraction of sp³-hybridized carbons (Fsp3) is 0.364. The largest absolute Gasteiger partial charge is 0.493 e. The number of para-hydroxylation sites is 1. The predicted molar refractivity (Wildman–Crippen MR) is 63.0 cm³/mol. The van der Waals surface area contributed by atoms with Crippen LogP contribution < -0.4 is 4.74 Å². The van der Waals surface area contributed by atoms with E-state index in [9.17, 15) is 13.2 Å². The van der Waals surface area contributed by atoms with E-state index in [1.165, 1.54) is 0 Å². The molecule has 0 saturated heterocycles. The Labute approximate surface area is 100 Å². The van der Waals surface area contributed by atoms with Crippen molar-refractivity contribution in [1.82, 2.24) is 0 Å². The molecule has 0 heterocycles. The number of hydrogen-bond acceptors (Lipinski definition) is 4. The molecule has 0 saturated carbocycles. The Balaban J connectivity index is 2.34. The maximum Gasteiger partial charge on any atom is 0.264 e. The fourth-order valence-electron chi connectivity index (χ4n) is 1.28. The number of unbranched alkanes of at least 4 members (excludes halogenated alkanes) is 1. The molecule has 0 bridgehead atoms. The molecule has 0 amide bonds. The normalized spacial score (nSPS) is 11.1. The Kier molecular flexibility index (Phi) is 5.11. The average molecular weight is 258 g/mol. The third-order valence-corrected chi connectivity index (χ3v) is 2.90. The van der Waals surface area contributed by atoms with Crippen LogP contribution in [0, 0.1) is 0 Å². The molecule has 1 N–H and O–H groups in total. The van der Waals surface area contributed by atoms with Gasteiger partial charge in [-0.25, -0.2) is 0 Å². The Morgan fingerprint density at radius 1 is 1.24 bits per heavy atom. The second kappa shape index (κ2) is 6.36. The maximum atomic E-state index is 10.7. The van der Waals surface area contributed by atoms with Gasteiger partial charge in [0.2, 0.25) is 0 Å². The van der Waals surface area contributed by atoms with Crippen molar-refractivity contribution >= 4 is 16.4 Å². The van der Waals surface area contributed by atoms with Gasteiger partial charge >= 0.3 is 0 Å². The van der Waals surface area contributed by atoms with Gasteiger partial charge in [0, 0.05) is 0 Å². The van der Waals surface area contributed by atoms with Gasteiger partial charge in [0.05, 0.1) is 17.9 Å². The summed E-state index contributed by atoms with van der Waals surface area (Å²) in [4.78, 5) is 10.7. The van der Waals surface area contributed by atoms with E-state index in [1.54, 1.807) is 24.3 Å². The number of hydrogen-bond donors (Lipinski definition) is 1. The van der Waals surface area contributed by atoms with E-state index in [1.807, 2.05) is 0 Å². The van der Waals surface area contributed by atoms with Gasteiger partial charge in [0.1, 0.15) is 5.75 Å². The molecule has 6 heteroatoms. The van der Waals surface area contributed by atoms with Crippen LogP contribution in [0.3, 0.4) is 0 Å². The first-order valence-corrected chi connectivity index (χ1v) is 6.76. The smallest absolute Gasteiger partial charge is 0.264 e. The number of aldehydes is 1. The van der Waals surface area contributed by atoms with E-state index in [-0.39, 0.29) is 5.75 Å². The third kappa shape index (κ3) is 5.46. The zero-order valence-corrected chi connectivity index (χ0v) is 10.0. The highest BCUT2D eigenvalue weighted by Crippen LogP contribution is 2.15. The molecule has 17 heavy (non-hydrogen) atoms. The van der Waals surface area contributed by atoms with Crippen molar-refractivity contribution in [2.75, 3.05) is 12.4 Å². The van der Waals surface area contributed by atoms with E-state index >= 15 is 0 Å². The molecule has 1 rings (SSSR count). The van der Waals surface area contributed by atoms with Crippen LogP contribution in [0.1, 0.15) is 23.2 Å². The lowest BCUT2D eigenvalue weighted by Crippen LogP contribution is -2.06. The number of carbonyl (C=O) groups is 1. The molecular weight excluding hydrogens is 244 g/mol. The minimum atomic E-state index is -3.89. The second-order valence-corrected chi connectivity index (χ2v) is 5.07. The Morgan fingerprint density at radius 2 is 1.94 bits per heavy atom. The molecule has 0 fully saturated rings. The van der Waals surface area contributed by atoms with E-state index in [4.69, 9.17) is 9.29 Å². The van der Waals surface area contributed by atoms with Crippen LogP contribution in [0.2, 0.25) is 0 Å². The van der Waals surface area contributed by atoms with Crippen LogP contribution in [-0.4, -0.2) is 31.6 Å². The van der Waals surface area contributed by atoms with Crippen LogP contribution in [0.15, 0.2) is 24.3 Å². The van der Waals surface area contributed by atoms with E-state index in [0.717, 1.165) is 0 Å². The van der Waals surface area contributed by atoms with Crippen LogP contribution in [0.4, 0.5) is 0 Å². The molecule has 0 aliphatic carbocycles. The van der Waals surface area contributed by atoms with Crippen molar-refractivity contribution in [3.05, 3.63) is 29.8 Å². The summed E-state index contributed by atoms with van der Waals surface area (Å²) >= 11 is 0. The van der Waals surface area contributed by atoms with Gasteiger partial charge < -0.3 is 4.74 Å². The van der Waals surface area contributed by atoms with Crippen LogP contribution in [-0.2, 0) is 10.1 Å². The molecule has 5 nitrogen and oxygen atoms in total. The van der Waals surface area contributed by atoms with Gasteiger partial charge in [-0.2, -0.15) is 8.42 Å². The standard InChI is InChI=1S/C11H14O5S/c12-9-10-5-1-2-6-11(10)16-7-3-4-8-17(13,14)15/h1-2,5-6,9H,3-4,7-8H2,(H,13,14,15). The summed E-state index contributed by atoms with van der Waals surface area (Å²) in [6.45, 7) is 0.306. The van der Waals surface area contributed by atoms with E-state index in [2.05, 4.69) is 0 Å². The summed E-state index contributed by atoms with van der Waals surface area (Å²) in [5.74, 6) is 0.209. The molecule has 0 spiro atoms. The summed E-state index contributed by atoms with van der Waals surface area (Å²) in [7, 11) is -3.89. The van der Waals surface area contributed by atoms with Crippen molar-refractivity contribution in [2.24, 2.45) is 0 Å². The minimum absolute atomic E-state index is 0.272. The second-order valence-electron chi connectivity index (χ2n) is 3.50. The highest BCUT2D eigenvalue weighted by atomic mass is 32.2. The predicted octanol–water partition coefficient (Wildman–Crippen LogP) is 1.55. The lowest BCUT2D eigenvalue weighted by molar-refractivity contribution is 0.111. The molecule has 0 radical (unpaired) electrons. The van der Waals surface area contributed by atoms with E-state index < -0.39 is 10.1 Å². The topological polar surface area (TPSA) is 80.7 Å². The molecule has 1 aromatic carbocycles. The Bertz CT molecular complexity index is 467. The van der Waals surface area contributed by atoms with Crippen molar-refractivity contribution in [2.45, 2.75) is 12.8 Å². The fourth-order valence-corrected chi connectivity index (χ4v) is 1.85. The van der Waals surface area contributed by atoms with Gasteiger partial charge in [-0.15, -0.1) is 0 Å². The van der Waals surface area contributed by atoms with Crippen molar-refractivity contribution in [1.29, 1.82) is 0 Å². The zero-order chi connectivity index (χ0) is 12.7. The number of carbonyl (C=O) groups excluding carboxylic acids is 1. The highest BCUT2D eigenvalue weighted by Gasteiger charge is 2.04. The molecule has 0 aromatic heterocycles. The van der Waals surface area contributed by atoms with Crippen LogP contribution >= 0.6 is 0 Å². The van der Waals surface area contributed by atoms with Crippen molar-refractivity contribution < 1.29 is 22.5 Å².